The summed E-state index contributed by atoms with van der Waals surface area (Å²) in [6, 6.07) is 8.49. The average Bonchev–Trinajstić information content (AvgIpc) is 3.07. The SMILES string of the molecule is Cc1nc(N)sc1SCc1ccc(-n2ccnc2)cc1. The minimum absolute atomic E-state index is 0.639. The zero-order valence-corrected chi connectivity index (χ0v) is 12.6. The van der Waals surface area contributed by atoms with Gasteiger partial charge >= 0.3 is 0 Å². The van der Waals surface area contributed by atoms with E-state index in [1.54, 1.807) is 35.6 Å². The summed E-state index contributed by atoms with van der Waals surface area (Å²) in [5.41, 5.74) is 9.13. The van der Waals surface area contributed by atoms with E-state index in [0.717, 1.165) is 17.1 Å². The molecule has 2 heterocycles. The van der Waals surface area contributed by atoms with Gasteiger partial charge in [-0.15, -0.1) is 11.8 Å². The molecule has 20 heavy (non-hydrogen) atoms. The summed E-state index contributed by atoms with van der Waals surface area (Å²) >= 11 is 3.33. The Kier molecular flexibility index (Phi) is 3.75. The minimum Gasteiger partial charge on any atom is -0.375 e. The third-order valence-corrected chi connectivity index (χ3v) is 5.30. The second-order valence-corrected chi connectivity index (χ2v) is 6.62. The average molecular weight is 302 g/mol. The molecule has 4 nitrogen and oxygen atoms in total. The fourth-order valence-electron chi connectivity index (χ4n) is 1.86. The molecular formula is C14H14N4S2. The Balaban J connectivity index is 1.68. The lowest BCUT2D eigenvalue weighted by Crippen LogP contribution is -1.90. The maximum Gasteiger partial charge on any atom is 0.181 e. The molecule has 0 bridgehead atoms. The standard InChI is InChI=1S/C14H14N4S2/c1-10-13(20-14(15)17-10)19-8-11-2-4-12(5-3-11)18-7-6-16-9-18/h2-7,9H,8H2,1H3,(H2,15,17). The van der Waals surface area contributed by atoms with Crippen LogP contribution in [-0.4, -0.2) is 14.5 Å². The highest BCUT2D eigenvalue weighted by Crippen LogP contribution is 2.32. The predicted octanol–water partition coefficient (Wildman–Crippen LogP) is 3.51. The summed E-state index contributed by atoms with van der Waals surface area (Å²) in [5.74, 6) is 0.923. The van der Waals surface area contributed by atoms with E-state index in [-0.39, 0.29) is 0 Å². The van der Waals surface area contributed by atoms with Crippen molar-refractivity contribution in [3.63, 3.8) is 0 Å². The topological polar surface area (TPSA) is 56.7 Å². The van der Waals surface area contributed by atoms with Crippen LogP contribution in [0.15, 0.2) is 47.2 Å². The molecule has 0 aliphatic rings. The van der Waals surface area contributed by atoms with Crippen LogP contribution in [0.5, 0.6) is 0 Å². The van der Waals surface area contributed by atoms with Gasteiger partial charge in [-0.3, -0.25) is 0 Å². The second-order valence-electron chi connectivity index (χ2n) is 4.35. The first-order valence-corrected chi connectivity index (χ1v) is 7.95. The molecule has 0 saturated carbocycles. The van der Waals surface area contributed by atoms with E-state index >= 15 is 0 Å². The zero-order chi connectivity index (χ0) is 13.9. The predicted molar refractivity (Wildman–Crippen MR) is 84.4 cm³/mol. The van der Waals surface area contributed by atoms with E-state index < -0.39 is 0 Å². The number of nitrogens with two attached hydrogens (primary N) is 1. The molecule has 102 valence electrons. The third-order valence-electron chi connectivity index (χ3n) is 2.88. The molecule has 6 heteroatoms. The van der Waals surface area contributed by atoms with E-state index in [1.165, 1.54) is 9.77 Å². The number of benzene rings is 1. The van der Waals surface area contributed by atoms with E-state index in [4.69, 9.17) is 5.73 Å². The molecule has 2 aromatic heterocycles. The highest BCUT2D eigenvalue weighted by molar-refractivity contribution is 8.00. The van der Waals surface area contributed by atoms with Gasteiger partial charge in [0.25, 0.3) is 0 Å². The number of rotatable bonds is 4. The smallest absolute Gasteiger partial charge is 0.181 e. The monoisotopic (exact) mass is 302 g/mol. The van der Waals surface area contributed by atoms with Gasteiger partial charge in [0.05, 0.1) is 16.2 Å². The summed E-state index contributed by atoms with van der Waals surface area (Å²) in [6.45, 7) is 2.00. The van der Waals surface area contributed by atoms with Gasteiger partial charge in [0.15, 0.2) is 5.13 Å². The first kappa shape index (κ1) is 13.2. The molecule has 1 aromatic carbocycles. The van der Waals surface area contributed by atoms with Crippen molar-refractivity contribution in [3.05, 3.63) is 54.2 Å². The number of thiazole rings is 1. The molecule has 0 radical (unpaired) electrons. The van der Waals surface area contributed by atoms with Gasteiger partial charge in [-0.05, 0) is 24.6 Å². The van der Waals surface area contributed by atoms with Crippen LogP contribution in [-0.2, 0) is 5.75 Å². The van der Waals surface area contributed by atoms with Gasteiger partial charge in [-0.1, -0.05) is 23.5 Å². The van der Waals surface area contributed by atoms with Gasteiger partial charge in [0.1, 0.15) is 0 Å². The van der Waals surface area contributed by atoms with Crippen LogP contribution in [0.1, 0.15) is 11.3 Å². The lowest BCUT2D eigenvalue weighted by molar-refractivity contribution is 1.05. The number of nitrogens with zero attached hydrogens (tertiary/aromatic N) is 3. The summed E-state index contributed by atoms with van der Waals surface area (Å²) in [5, 5.41) is 0.639. The van der Waals surface area contributed by atoms with Crippen molar-refractivity contribution in [2.24, 2.45) is 0 Å². The molecule has 3 aromatic rings. The van der Waals surface area contributed by atoms with Crippen molar-refractivity contribution in [2.75, 3.05) is 5.73 Å². The Hall–Kier alpha value is -1.79. The van der Waals surface area contributed by atoms with E-state index in [9.17, 15) is 0 Å². The van der Waals surface area contributed by atoms with Gasteiger partial charge in [0.2, 0.25) is 0 Å². The van der Waals surface area contributed by atoms with Crippen molar-refractivity contribution in [2.45, 2.75) is 16.9 Å². The first-order valence-electron chi connectivity index (χ1n) is 6.15. The Bertz CT molecular complexity index is 687. The second kappa shape index (κ2) is 5.68. The quantitative estimate of drug-likeness (QED) is 0.749. The molecule has 0 fully saturated rings. The lowest BCUT2D eigenvalue weighted by atomic mass is 10.2. The van der Waals surface area contributed by atoms with Crippen LogP contribution in [0.4, 0.5) is 5.13 Å². The number of hydrogen-bond donors (Lipinski definition) is 1. The molecule has 0 amide bonds. The van der Waals surface area contributed by atoms with Crippen molar-refractivity contribution >= 4 is 28.2 Å². The highest BCUT2D eigenvalue weighted by atomic mass is 32.2. The molecule has 0 spiro atoms. The first-order chi connectivity index (χ1) is 9.72. The van der Waals surface area contributed by atoms with Crippen LogP contribution >= 0.6 is 23.1 Å². The number of imidazole rings is 1. The van der Waals surface area contributed by atoms with Crippen LogP contribution < -0.4 is 5.73 Å². The molecule has 2 N–H and O–H groups in total. The normalized spacial score (nSPS) is 10.8. The van der Waals surface area contributed by atoms with Gasteiger partial charge < -0.3 is 10.3 Å². The Morgan fingerprint density at radius 1 is 1.30 bits per heavy atom. The van der Waals surface area contributed by atoms with Crippen molar-refractivity contribution < 1.29 is 0 Å². The number of thioether (sulfide) groups is 1. The Labute approximate surface area is 125 Å². The number of aryl methyl sites for hydroxylation is 1. The summed E-state index contributed by atoms with van der Waals surface area (Å²) in [6.07, 6.45) is 5.52. The number of anilines is 1. The molecule has 0 atom stereocenters. The summed E-state index contributed by atoms with van der Waals surface area (Å²) in [7, 11) is 0. The minimum atomic E-state index is 0.639. The molecule has 3 rings (SSSR count). The highest BCUT2D eigenvalue weighted by Gasteiger charge is 2.06. The van der Waals surface area contributed by atoms with Gasteiger partial charge in [-0.2, -0.15) is 0 Å². The molecule has 0 aliphatic carbocycles. The Morgan fingerprint density at radius 2 is 2.10 bits per heavy atom. The lowest BCUT2D eigenvalue weighted by Gasteiger charge is -2.04. The maximum absolute atomic E-state index is 5.71. The molecule has 0 unspecified atom stereocenters. The third kappa shape index (κ3) is 2.86. The van der Waals surface area contributed by atoms with E-state index in [1.807, 2.05) is 17.7 Å². The van der Waals surface area contributed by atoms with Crippen molar-refractivity contribution in [1.29, 1.82) is 0 Å². The van der Waals surface area contributed by atoms with Crippen LogP contribution in [0.25, 0.3) is 5.69 Å². The number of nitrogen functional groups attached to an aromatic ring is 1. The fourth-order valence-corrected chi connectivity index (χ4v) is 3.84. The fraction of sp³-hybridized carbons (Fsp3) is 0.143. The largest absolute Gasteiger partial charge is 0.375 e. The van der Waals surface area contributed by atoms with E-state index in [2.05, 4.69) is 34.2 Å². The van der Waals surface area contributed by atoms with Crippen LogP contribution in [0.3, 0.4) is 0 Å². The van der Waals surface area contributed by atoms with Crippen LogP contribution in [0, 0.1) is 6.92 Å². The molecule has 0 aliphatic heterocycles. The number of aromatic nitrogens is 3. The van der Waals surface area contributed by atoms with E-state index in [0.29, 0.717) is 5.13 Å². The zero-order valence-electron chi connectivity index (χ0n) is 11.0. The van der Waals surface area contributed by atoms with Gasteiger partial charge in [-0.25, -0.2) is 9.97 Å². The summed E-state index contributed by atoms with van der Waals surface area (Å²) in [4.78, 5) is 8.29. The number of hydrogen-bond acceptors (Lipinski definition) is 5. The maximum atomic E-state index is 5.71. The Morgan fingerprint density at radius 3 is 2.70 bits per heavy atom. The van der Waals surface area contributed by atoms with Crippen molar-refractivity contribution in [1.82, 2.24) is 14.5 Å². The van der Waals surface area contributed by atoms with Crippen LogP contribution in [0.2, 0.25) is 0 Å². The molecule has 0 saturated heterocycles. The van der Waals surface area contributed by atoms with Gasteiger partial charge in [0, 0.05) is 23.8 Å². The summed E-state index contributed by atoms with van der Waals surface area (Å²) < 4.78 is 3.19. The van der Waals surface area contributed by atoms with Crippen molar-refractivity contribution in [3.8, 4) is 5.69 Å². The molecular weight excluding hydrogens is 288 g/mol.